The Labute approximate surface area is 126 Å². The van der Waals surface area contributed by atoms with Gasteiger partial charge in [0, 0.05) is 45.3 Å². The van der Waals surface area contributed by atoms with Gasteiger partial charge in [0.05, 0.1) is 0 Å². The molecule has 3 heteroatoms. The summed E-state index contributed by atoms with van der Waals surface area (Å²) in [5.74, 6) is 1.77. The molecule has 0 radical (unpaired) electrons. The van der Waals surface area contributed by atoms with Gasteiger partial charge in [-0.25, -0.2) is 0 Å². The molecule has 118 valence electrons. The molecule has 0 amide bonds. The van der Waals surface area contributed by atoms with Gasteiger partial charge >= 0.3 is 0 Å². The van der Waals surface area contributed by atoms with Crippen molar-refractivity contribution in [3.8, 4) is 0 Å². The van der Waals surface area contributed by atoms with Crippen molar-refractivity contribution in [3.63, 3.8) is 0 Å². The minimum Gasteiger partial charge on any atom is -0.303 e. The lowest BCUT2D eigenvalue weighted by atomic mass is 10.1. The Morgan fingerprint density at radius 2 is 1.60 bits per heavy atom. The molecule has 2 rings (SSSR count). The third-order valence-corrected chi connectivity index (χ3v) is 5.05. The highest BCUT2D eigenvalue weighted by atomic mass is 15.3. The summed E-state index contributed by atoms with van der Waals surface area (Å²) in [5, 5.41) is 0. The van der Waals surface area contributed by atoms with Gasteiger partial charge in [0.15, 0.2) is 0 Å². The van der Waals surface area contributed by atoms with Crippen molar-refractivity contribution in [3.05, 3.63) is 0 Å². The molecule has 0 aromatic carbocycles. The van der Waals surface area contributed by atoms with E-state index in [1.807, 2.05) is 0 Å². The molecule has 0 aromatic rings. The molecular formula is C17H35N3. The molecule has 0 aromatic heterocycles. The van der Waals surface area contributed by atoms with Gasteiger partial charge < -0.3 is 9.80 Å². The first-order valence-corrected chi connectivity index (χ1v) is 8.73. The summed E-state index contributed by atoms with van der Waals surface area (Å²) in [6.07, 6.45) is 2.78. The van der Waals surface area contributed by atoms with Gasteiger partial charge in [-0.1, -0.05) is 13.8 Å². The van der Waals surface area contributed by atoms with Crippen molar-refractivity contribution in [2.45, 2.75) is 46.6 Å². The van der Waals surface area contributed by atoms with Crippen LogP contribution in [0.3, 0.4) is 0 Å². The average molecular weight is 281 g/mol. The smallest absolute Gasteiger partial charge is 0.0113 e. The van der Waals surface area contributed by atoms with Gasteiger partial charge in [-0.05, 0) is 51.6 Å². The van der Waals surface area contributed by atoms with E-state index in [2.05, 4.69) is 42.4 Å². The van der Waals surface area contributed by atoms with Gasteiger partial charge in [0.2, 0.25) is 0 Å². The Morgan fingerprint density at radius 3 is 2.20 bits per heavy atom. The Hall–Kier alpha value is -0.120. The number of piperazine rings is 1. The molecule has 2 fully saturated rings. The van der Waals surface area contributed by atoms with Crippen LogP contribution in [-0.4, -0.2) is 73.1 Å². The maximum atomic E-state index is 2.70. The molecule has 0 spiro atoms. The minimum atomic E-state index is 0.718. The summed E-state index contributed by atoms with van der Waals surface area (Å²) >= 11 is 0. The fourth-order valence-electron chi connectivity index (χ4n) is 3.53. The first-order chi connectivity index (χ1) is 9.54. The molecule has 3 nitrogen and oxygen atoms in total. The Kier molecular flexibility index (Phi) is 6.31. The van der Waals surface area contributed by atoms with Crippen molar-refractivity contribution in [1.29, 1.82) is 0 Å². The zero-order valence-electron chi connectivity index (χ0n) is 14.1. The third kappa shape index (κ3) is 5.01. The molecule has 2 saturated heterocycles. The molecule has 0 aliphatic carbocycles. The van der Waals surface area contributed by atoms with E-state index < -0.39 is 0 Å². The fraction of sp³-hybridized carbons (Fsp3) is 1.00. The van der Waals surface area contributed by atoms with Crippen LogP contribution in [0.1, 0.15) is 40.5 Å². The largest absolute Gasteiger partial charge is 0.303 e. The van der Waals surface area contributed by atoms with Gasteiger partial charge in [-0.3, -0.25) is 4.90 Å². The molecule has 0 bridgehead atoms. The van der Waals surface area contributed by atoms with Crippen molar-refractivity contribution < 1.29 is 0 Å². The van der Waals surface area contributed by atoms with E-state index in [0.717, 1.165) is 17.9 Å². The second-order valence-corrected chi connectivity index (χ2v) is 7.57. The predicted molar refractivity (Wildman–Crippen MR) is 87.2 cm³/mol. The molecule has 0 saturated carbocycles. The lowest BCUT2D eigenvalue weighted by molar-refractivity contribution is 0.0972. The minimum absolute atomic E-state index is 0.718. The van der Waals surface area contributed by atoms with Crippen molar-refractivity contribution in [2.24, 2.45) is 11.8 Å². The monoisotopic (exact) mass is 281 g/mol. The second-order valence-electron chi connectivity index (χ2n) is 7.57. The highest BCUT2D eigenvalue weighted by Crippen LogP contribution is 2.19. The fourth-order valence-corrected chi connectivity index (χ4v) is 3.53. The zero-order chi connectivity index (χ0) is 14.5. The number of hydrogen-bond donors (Lipinski definition) is 0. The quantitative estimate of drug-likeness (QED) is 0.740. The van der Waals surface area contributed by atoms with Crippen LogP contribution >= 0.6 is 0 Å². The van der Waals surface area contributed by atoms with Gasteiger partial charge in [-0.2, -0.15) is 0 Å². The van der Waals surface area contributed by atoms with Gasteiger partial charge in [0.25, 0.3) is 0 Å². The first-order valence-electron chi connectivity index (χ1n) is 8.73. The van der Waals surface area contributed by atoms with E-state index in [1.54, 1.807) is 0 Å². The maximum Gasteiger partial charge on any atom is 0.0113 e. The summed E-state index contributed by atoms with van der Waals surface area (Å²) in [7, 11) is 0. The molecular weight excluding hydrogens is 246 g/mol. The number of rotatable bonds is 6. The number of nitrogens with zero attached hydrogens (tertiary/aromatic N) is 3. The Bertz CT molecular complexity index is 269. The summed E-state index contributed by atoms with van der Waals surface area (Å²) in [6, 6.07) is 0.718. The number of likely N-dealkylation sites (tertiary alicyclic amines) is 1. The molecule has 1 unspecified atom stereocenters. The van der Waals surface area contributed by atoms with Crippen LogP contribution in [0.25, 0.3) is 0 Å². The summed E-state index contributed by atoms with van der Waals surface area (Å²) in [5.41, 5.74) is 0. The average Bonchev–Trinajstić information content (AvgIpc) is 2.84. The number of hydrogen-bond acceptors (Lipinski definition) is 3. The van der Waals surface area contributed by atoms with Crippen molar-refractivity contribution in [2.75, 3.05) is 52.4 Å². The summed E-state index contributed by atoms with van der Waals surface area (Å²) < 4.78 is 0. The highest BCUT2D eigenvalue weighted by Gasteiger charge is 2.26. The molecule has 1 atom stereocenters. The van der Waals surface area contributed by atoms with E-state index in [1.165, 1.54) is 65.2 Å². The third-order valence-electron chi connectivity index (χ3n) is 5.05. The summed E-state index contributed by atoms with van der Waals surface area (Å²) in [4.78, 5) is 8.00. The van der Waals surface area contributed by atoms with Crippen LogP contribution in [0.2, 0.25) is 0 Å². The van der Waals surface area contributed by atoms with Gasteiger partial charge in [0.1, 0.15) is 0 Å². The Balaban J connectivity index is 1.63. The SMILES string of the molecule is CC(C)CCN1CCC(CN2CCN(C(C)C)CC2)C1. The highest BCUT2D eigenvalue weighted by molar-refractivity contribution is 4.81. The van der Waals surface area contributed by atoms with E-state index in [0.29, 0.717) is 0 Å². The van der Waals surface area contributed by atoms with Crippen LogP contribution in [0.4, 0.5) is 0 Å². The second kappa shape index (κ2) is 7.77. The van der Waals surface area contributed by atoms with Crippen molar-refractivity contribution in [1.82, 2.24) is 14.7 Å². The molecule has 2 aliphatic heterocycles. The van der Waals surface area contributed by atoms with Crippen LogP contribution in [-0.2, 0) is 0 Å². The van der Waals surface area contributed by atoms with E-state index in [-0.39, 0.29) is 0 Å². The first kappa shape index (κ1) is 16.3. The molecule has 20 heavy (non-hydrogen) atoms. The molecule has 0 N–H and O–H groups in total. The topological polar surface area (TPSA) is 9.72 Å². The van der Waals surface area contributed by atoms with E-state index in [4.69, 9.17) is 0 Å². The predicted octanol–water partition coefficient (Wildman–Crippen LogP) is 2.38. The van der Waals surface area contributed by atoms with Crippen molar-refractivity contribution >= 4 is 0 Å². The van der Waals surface area contributed by atoms with E-state index >= 15 is 0 Å². The lowest BCUT2D eigenvalue weighted by Crippen LogP contribution is -2.50. The van der Waals surface area contributed by atoms with Crippen LogP contribution in [0.15, 0.2) is 0 Å². The zero-order valence-corrected chi connectivity index (χ0v) is 14.1. The van der Waals surface area contributed by atoms with Crippen LogP contribution < -0.4 is 0 Å². The molecule has 2 aliphatic rings. The standard InChI is InChI=1S/C17H35N3/c1-15(2)5-7-18-8-6-17(13-18)14-19-9-11-20(12-10-19)16(3)4/h15-17H,5-14H2,1-4H3. The normalized spacial score (nSPS) is 27.0. The van der Waals surface area contributed by atoms with Gasteiger partial charge in [-0.15, -0.1) is 0 Å². The van der Waals surface area contributed by atoms with Crippen LogP contribution in [0.5, 0.6) is 0 Å². The molecule has 2 heterocycles. The van der Waals surface area contributed by atoms with E-state index in [9.17, 15) is 0 Å². The lowest BCUT2D eigenvalue weighted by Gasteiger charge is -2.37. The maximum absolute atomic E-state index is 2.70. The summed E-state index contributed by atoms with van der Waals surface area (Å²) in [6.45, 7) is 19.7. The van der Waals surface area contributed by atoms with Crippen LogP contribution in [0, 0.1) is 11.8 Å². The Morgan fingerprint density at radius 1 is 0.900 bits per heavy atom.